The molecule has 1 aliphatic carbocycles. The van der Waals surface area contributed by atoms with Gasteiger partial charge >= 0.3 is 0 Å². The van der Waals surface area contributed by atoms with Crippen LogP contribution in [0.3, 0.4) is 0 Å². The molecule has 130 valence electrons. The van der Waals surface area contributed by atoms with Crippen molar-refractivity contribution in [1.29, 1.82) is 0 Å². The highest BCUT2D eigenvalue weighted by Crippen LogP contribution is 2.26. The van der Waals surface area contributed by atoms with Crippen LogP contribution in [0, 0.1) is 0 Å². The van der Waals surface area contributed by atoms with Gasteiger partial charge in [-0.1, -0.05) is 18.2 Å². The van der Waals surface area contributed by atoms with Crippen molar-refractivity contribution in [2.75, 3.05) is 5.73 Å². The average Bonchev–Trinajstić information content (AvgIpc) is 3.25. The standard InChI is InChI=1S/C18H15FN6O/c19-13-5-3-1-2-4-12(13)9-25-16(15-10-26-11-22-15)8-14(24-25)18-21-7-6-17(20)23-18/h1-2,4-8,10-11H,3,9H2,(H2,20,21,23). The smallest absolute Gasteiger partial charge is 0.182 e. The van der Waals surface area contributed by atoms with Crippen molar-refractivity contribution < 1.29 is 8.81 Å². The Morgan fingerprint density at radius 1 is 1.27 bits per heavy atom. The first-order valence-electron chi connectivity index (χ1n) is 7.98. The molecule has 3 heterocycles. The van der Waals surface area contributed by atoms with Crippen molar-refractivity contribution in [3.8, 4) is 22.9 Å². The van der Waals surface area contributed by atoms with E-state index in [1.54, 1.807) is 29.1 Å². The SMILES string of the molecule is Nc1ccnc(-c2cc(-c3cocn3)n(CC3=CC=CCC=C3F)n2)n1. The molecular formula is C18H15FN6O. The Morgan fingerprint density at radius 3 is 3.00 bits per heavy atom. The molecule has 0 bridgehead atoms. The van der Waals surface area contributed by atoms with Crippen molar-refractivity contribution in [2.45, 2.75) is 13.0 Å². The first kappa shape index (κ1) is 15.9. The van der Waals surface area contributed by atoms with Crippen molar-refractivity contribution in [3.63, 3.8) is 0 Å². The quantitative estimate of drug-likeness (QED) is 0.775. The summed E-state index contributed by atoms with van der Waals surface area (Å²) >= 11 is 0. The Kier molecular flexibility index (Phi) is 4.14. The second kappa shape index (κ2) is 6.75. The largest absolute Gasteiger partial charge is 0.451 e. The van der Waals surface area contributed by atoms with Gasteiger partial charge in [-0.05, 0) is 24.6 Å². The molecule has 4 rings (SSSR count). The van der Waals surface area contributed by atoms with Gasteiger partial charge in [-0.15, -0.1) is 0 Å². The van der Waals surface area contributed by atoms with Crippen molar-refractivity contribution in [1.82, 2.24) is 24.7 Å². The Hall–Kier alpha value is -3.55. The fraction of sp³-hybridized carbons (Fsp3) is 0.111. The topological polar surface area (TPSA) is 95.7 Å². The predicted molar refractivity (Wildman–Crippen MR) is 94.2 cm³/mol. The monoisotopic (exact) mass is 350 g/mol. The van der Waals surface area contributed by atoms with Crippen LogP contribution in [0.5, 0.6) is 0 Å². The van der Waals surface area contributed by atoms with E-state index in [1.807, 2.05) is 12.2 Å². The minimum Gasteiger partial charge on any atom is -0.451 e. The number of anilines is 1. The zero-order valence-corrected chi connectivity index (χ0v) is 13.7. The lowest BCUT2D eigenvalue weighted by Crippen LogP contribution is -2.06. The number of nitrogens with two attached hydrogens (primary N) is 1. The molecule has 0 saturated carbocycles. The molecule has 0 atom stereocenters. The van der Waals surface area contributed by atoms with Crippen molar-refractivity contribution in [2.24, 2.45) is 0 Å². The van der Waals surface area contributed by atoms with Crippen LogP contribution in [0.2, 0.25) is 0 Å². The van der Waals surface area contributed by atoms with E-state index in [0.717, 1.165) is 0 Å². The molecule has 1 aliphatic rings. The normalized spacial score (nSPS) is 14.0. The maximum atomic E-state index is 14.3. The summed E-state index contributed by atoms with van der Waals surface area (Å²) in [7, 11) is 0. The van der Waals surface area contributed by atoms with Gasteiger partial charge in [-0.2, -0.15) is 5.10 Å². The second-order valence-corrected chi connectivity index (χ2v) is 5.66. The molecule has 0 fully saturated rings. The fourth-order valence-corrected chi connectivity index (χ4v) is 2.62. The molecule has 0 amide bonds. The zero-order valence-electron chi connectivity index (χ0n) is 13.7. The van der Waals surface area contributed by atoms with Crippen LogP contribution in [0.4, 0.5) is 10.2 Å². The fourth-order valence-electron chi connectivity index (χ4n) is 2.62. The zero-order chi connectivity index (χ0) is 17.9. The van der Waals surface area contributed by atoms with Gasteiger partial charge in [0.2, 0.25) is 0 Å². The lowest BCUT2D eigenvalue weighted by molar-refractivity contribution is 0.558. The molecule has 2 N–H and O–H groups in total. The molecule has 3 aromatic rings. The molecular weight excluding hydrogens is 335 g/mol. The summed E-state index contributed by atoms with van der Waals surface area (Å²) < 4.78 is 21.0. The van der Waals surface area contributed by atoms with Crippen molar-refractivity contribution in [3.05, 3.63) is 66.7 Å². The third-order valence-corrected chi connectivity index (χ3v) is 3.87. The Balaban J connectivity index is 1.77. The number of halogens is 1. The summed E-state index contributed by atoms with van der Waals surface area (Å²) in [4.78, 5) is 12.6. The molecule has 26 heavy (non-hydrogen) atoms. The van der Waals surface area contributed by atoms with Gasteiger partial charge in [0.05, 0.1) is 12.2 Å². The van der Waals surface area contributed by atoms with Gasteiger partial charge in [0.1, 0.15) is 29.3 Å². The maximum absolute atomic E-state index is 14.3. The number of hydrogen-bond acceptors (Lipinski definition) is 6. The lowest BCUT2D eigenvalue weighted by Gasteiger charge is -2.07. The molecule has 8 heteroatoms. The van der Waals surface area contributed by atoms with Crippen LogP contribution < -0.4 is 5.73 Å². The number of allylic oxidation sites excluding steroid dienone is 6. The molecule has 3 aromatic heterocycles. The molecule has 0 saturated heterocycles. The predicted octanol–water partition coefficient (Wildman–Crippen LogP) is 3.32. The third-order valence-electron chi connectivity index (χ3n) is 3.87. The molecule has 7 nitrogen and oxygen atoms in total. The van der Waals surface area contributed by atoms with E-state index < -0.39 is 0 Å². The minimum atomic E-state index is -0.265. The number of hydrogen-bond donors (Lipinski definition) is 1. The van der Waals surface area contributed by atoms with E-state index in [4.69, 9.17) is 10.2 Å². The summed E-state index contributed by atoms with van der Waals surface area (Å²) in [6.07, 6.45) is 12.0. The van der Waals surface area contributed by atoms with Crippen LogP contribution in [0.1, 0.15) is 6.42 Å². The maximum Gasteiger partial charge on any atom is 0.182 e. The van der Waals surface area contributed by atoms with E-state index in [9.17, 15) is 4.39 Å². The molecule has 0 unspecified atom stereocenters. The molecule has 0 spiro atoms. The summed E-state index contributed by atoms with van der Waals surface area (Å²) in [5, 5.41) is 4.53. The second-order valence-electron chi connectivity index (χ2n) is 5.66. The van der Waals surface area contributed by atoms with E-state index in [1.165, 1.54) is 18.7 Å². The number of oxazole rings is 1. The minimum absolute atomic E-state index is 0.233. The first-order chi connectivity index (χ1) is 12.7. The van der Waals surface area contributed by atoms with Gasteiger partial charge in [-0.25, -0.2) is 19.3 Å². The van der Waals surface area contributed by atoms with Crippen LogP contribution in [0.15, 0.2) is 71.1 Å². The van der Waals surface area contributed by atoms with Crippen LogP contribution in [-0.4, -0.2) is 24.7 Å². The van der Waals surface area contributed by atoms with Gasteiger partial charge in [0.25, 0.3) is 0 Å². The summed E-state index contributed by atoms with van der Waals surface area (Å²) in [5.74, 6) is 0.468. The summed E-state index contributed by atoms with van der Waals surface area (Å²) in [6.45, 7) is 0.233. The Bertz CT molecular complexity index is 1020. The van der Waals surface area contributed by atoms with Crippen LogP contribution >= 0.6 is 0 Å². The molecule has 0 radical (unpaired) electrons. The van der Waals surface area contributed by atoms with Gasteiger partial charge in [0.15, 0.2) is 12.2 Å². The highest BCUT2D eigenvalue weighted by molar-refractivity contribution is 5.62. The Morgan fingerprint density at radius 2 is 2.19 bits per heavy atom. The first-order valence-corrected chi connectivity index (χ1v) is 7.98. The Labute approximate surface area is 148 Å². The highest BCUT2D eigenvalue weighted by atomic mass is 19.1. The van der Waals surface area contributed by atoms with E-state index in [0.29, 0.717) is 40.7 Å². The lowest BCUT2D eigenvalue weighted by atomic mass is 10.2. The summed E-state index contributed by atoms with van der Waals surface area (Å²) in [5.41, 5.74) is 8.02. The summed E-state index contributed by atoms with van der Waals surface area (Å²) in [6, 6.07) is 3.38. The van der Waals surface area contributed by atoms with E-state index >= 15 is 0 Å². The van der Waals surface area contributed by atoms with E-state index in [-0.39, 0.29) is 12.4 Å². The average molecular weight is 350 g/mol. The van der Waals surface area contributed by atoms with E-state index in [2.05, 4.69) is 20.1 Å². The number of nitrogens with zero attached hydrogens (tertiary/aromatic N) is 5. The number of aromatic nitrogens is 5. The number of nitrogen functional groups attached to an aromatic ring is 1. The van der Waals surface area contributed by atoms with Gasteiger partial charge in [0, 0.05) is 11.8 Å². The van der Waals surface area contributed by atoms with Gasteiger partial charge < -0.3 is 10.2 Å². The molecule has 0 aromatic carbocycles. The van der Waals surface area contributed by atoms with Crippen molar-refractivity contribution >= 4 is 5.82 Å². The number of rotatable bonds is 4. The van der Waals surface area contributed by atoms with Crippen LogP contribution in [-0.2, 0) is 6.54 Å². The van der Waals surface area contributed by atoms with Crippen LogP contribution in [0.25, 0.3) is 22.9 Å². The third kappa shape index (κ3) is 3.16. The molecule has 0 aliphatic heterocycles. The highest BCUT2D eigenvalue weighted by Gasteiger charge is 2.17. The van der Waals surface area contributed by atoms with Gasteiger partial charge in [-0.3, -0.25) is 4.68 Å².